The molecule has 0 bridgehead atoms. The molecule has 3 rings (SSSR count). The summed E-state index contributed by atoms with van der Waals surface area (Å²) >= 11 is 0. The lowest BCUT2D eigenvalue weighted by molar-refractivity contribution is 0.144. The predicted molar refractivity (Wildman–Crippen MR) is 108 cm³/mol. The molecule has 7 heteroatoms. The number of nitrogens with zero attached hydrogens (tertiary/aromatic N) is 1. The molecule has 0 radical (unpaired) electrons. The molecule has 7 nitrogen and oxygen atoms in total. The molecule has 1 aliphatic heterocycles. The van der Waals surface area contributed by atoms with Crippen molar-refractivity contribution < 1.29 is 18.7 Å². The molecule has 0 saturated carbocycles. The number of methoxy groups -OCH3 is 1. The van der Waals surface area contributed by atoms with Gasteiger partial charge in [0.05, 0.1) is 24.6 Å². The fourth-order valence-corrected chi connectivity index (χ4v) is 3.41. The van der Waals surface area contributed by atoms with Crippen LogP contribution in [0.5, 0.6) is 5.75 Å². The second-order valence-corrected chi connectivity index (χ2v) is 6.80. The van der Waals surface area contributed by atoms with Crippen molar-refractivity contribution in [3.63, 3.8) is 0 Å². The number of likely N-dealkylation sites (tertiary alicyclic amines) is 1. The maximum absolute atomic E-state index is 12.5. The van der Waals surface area contributed by atoms with E-state index in [1.165, 1.54) is 19.3 Å². The largest absolute Gasteiger partial charge is 0.489 e. The summed E-state index contributed by atoms with van der Waals surface area (Å²) in [6.07, 6.45) is 5.29. The SMILES string of the molecule is COCCOc1ccccc1NC(=O)NCC(c1ccco1)N1CCCCC1. The number of rotatable bonds is 9. The van der Waals surface area contributed by atoms with Crippen LogP contribution in [-0.4, -0.2) is 50.9 Å². The molecule has 1 saturated heterocycles. The van der Waals surface area contributed by atoms with Crippen molar-refractivity contribution in [1.82, 2.24) is 10.2 Å². The van der Waals surface area contributed by atoms with Crippen LogP contribution in [0.15, 0.2) is 47.1 Å². The van der Waals surface area contributed by atoms with Crippen LogP contribution >= 0.6 is 0 Å². The van der Waals surface area contributed by atoms with Gasteiger partial charge in [-0.2, -0.15) is 0 Å². The van der Waals surface area contributed by atoms with Crippen LogP contribution in [0.3, 0.4) is 0 Å². The zero-order valence-corrected chi connectivity index (χ0v) is 16.4. The van der Waals surface area contributed by atoms with Gasteiger partial charge in [-0.15, -0.1) is 0 Å². The van der Waals surface area contributed by atoms with E-state index in [-0.39, 0.29) is 12.1 Å². The van der Waals surface area contributed by atoms with Gasteiger partial charge in [0.2, 0.25) is 0 Å². The van der Waals surface area contributed by atoms with Crippen LogP contribution in [0, 0.1) is 0 Å². The highest BCUT2D eigenvalue weighted by Gasteiger charge is 2.25. The fourth-order valence-electron chi connectivity index (χ4n) is 3.41. The van der Waals surface area contributed by atoms with Crippen molar-refractivity contribution in [2.45, 2.75) is 25.3 Å². The quantitative estimate of drug-likeness (QED) is 0.642. The molecule has 2 heterocycles. The Bertz CT molecular complexity index is 714. The highest BCUT2D eigenvalue weighted by molar-refractivity contribution is 5.90. The van der Waals surface area contributed by atoms with E-state index in [1.807, 2.05) is 36.4 Å². The third kappa shape index (κ3) is 5.74. The number of piperidine rings is 1. The monoisotopic (exact) mass is 387 g/mol. The summed E-state index contributed by atoms with van der Waals surface area (Å²) in [5.74, 6) is 1.50. The summed E-state index contributed by atoms with van der Waals surface area (Å²) < 4.78 is 16.3. The van der Waals surface area contributed by atoms with Gasteiger partial charge in [-0.05, 0) is 50.2 Å². The lowest BCUT2D eigenvalue weighted by atomic mass is 10.1. The molecule has 28 heavy (non-hydrogen) atoms. The number of hydrogen-bond donors (Lipinski definition) is 2. The van der Waals surface area contributed by atoms with Gasteiger partial charge >= 0.3 is 6.03 Å². The minimum Gasteiger partial charge on any atom is -0.489 e. The van der Waals surface area contributed by atoms with Crippen LogP contribution in [0.25, 0.3) is 0 Å². The Morgan fingerprint density at radius 1 is 1.14 bits per heavy atom. The number of benzene rings is 1. The highest BCUT2D eigenvalue weighted by atomic mass is 16.5. The molecule has 1 unspecified atom stereocenters. The zero-order chi connectivity index (χ0) is 19.6. The van der Waals surface area contributed by atoms with E-state index in [1.54, 1.807) is 13.4 Å². The van der Waals surface area contributed by atoms with E-state index in [0.717, 1.165) is 18.8 Å². The minimum absolute atomic E-state index is 0.0363. The van der Waals surface area contributed by atoms with Crippen LogP contribution < -0.4 is 15.4 Å². The van der Waals surface area contributed by atoms with E-state index in [2.05, 4.69) is 15.5 Å². The van der Waals surface area contributed by atoms with Crippen molar-refractivity contribution in [1.29, 1.82) is 0 Å². The summed E-state index contributed by atoms with van der Waals surface area (Å²) in [6.45, 7) is 3.43. The molecule has 2 aromatic rings. The van der Waals surface area contributed by atoms with Crippen molar-refractivity contribution in [2.24, 2.45) is 0 Å². The topological polar surface area (TPSA) is 76.0 Å². The number of anilines is 1. The Morgan fingerprint density at radius 3 is 2.71 bits per heavy atom. The second-order valence-electron chi connectivity index (χ2n) is 6.80. The van der Waals surface area contributed by atoms with Crippen molar-refractivity contribution >= 4 is 11.7 Å². The normalized spacial score (nSPS) is 15.8. The molecule has 2 N–H and O–H groups in total. The number of carbonyl (C=O) groups is 1. The molecular formula is C21H29N3O4. The summed E-state index contributed by atoms with van der Waals surface area (Å²) in [7, 11) is 1.62. The molecular weight excluding hydrogens is 358 g/mol. The number of hydrogen-bond acceptors (Lipinski definition) is 5. The van der Waals surface area contributed by atoms with E-state index < -0.39 is 0 Å². The maximum Gasteiger partial charge on any atom is 0.319 e. The molecule has 1 atom stereocenters. The molecule has 1 aliphatic rings. The summed E-state index contributed by atoms with van der Waals surface area (Å²) in [6, 6.07) is 11.0. The first kappa shape index (κ1) is 20.2. The lowest BCUT2D eigenvalue weighted by Gasteiger charge is -2.33. The predicted octanol–water partition coefficient (Wildman–Crippen LogP) is 3.65. The van der Waals surface area contributed by atoms with Crippen molar-refractivity contribution in [2.75, 3.05) is 45.3 Å². The Morgan fingerprint density at radius 2 is 1.96 bits per heavy atom. The first-order valence-corrected chi connectivity index (χ1v) is 9.81. The van der Waals surface area contributed by atoms with Crippen LogP contribution in [-0.2, 0) is 4.74 Å². The number of urea groups is 1. The maximum atomic E-state index is 12.5. The van der Waals surface area contributed by atoms with Gasteiger partial charge in [-0.25, -0.2) is 4.79 Å². The van der Waals surface area contributed by atoms with Gasteiger partial charge in [-0.1, -0.05) is 18.6 Å². The van der Waals surface area contributed by atoms with Crippen LogP contribution in [0.4, 0.5) is 10.5 Å². The Balaban J connectivity index is 1.58. The summed E-state index contributed by atoms with van der Waals surface area (Å²) in [4.78, 5) is 14.9. The van der Waals surface area contributed by atoms with Gasteiger partial charge in [0.1, 0.15) is 18.1 Å². The molecule has 1 aromatic heterocycles. The summed E-state index contributed by atoms with van der Waals surface area (Å²) in [5.41, 5.74) is 0.628. The number of carbonyl (C=O) groups excluding carboxylic acids is 1. The first-order valence-electron chi connectivity index (χ1n) is 9.81. The smallest absolute Gasteiger partial charge is 0.319 e. The highest BCUT2D eigenvalue weighted by Crippen LogP contribution is 2.25. The Labute approximate surface area is 166 Å². The molecule has 2 amide bonds. The third-order valence-electron chi connectivity index (χ3n) is 4.84. The molecule has 1 aromatic carbocycles. The first-order chi connectivity index (χ1) is 13.8. The van der Waals surface area contributed by atoms with Gasteiger partial charge in [0.15, 0.2) is 0 Å². The standard InChI is InChI=1S/C21H29N3O4/c1-26-14-15-28-19-9-4-3-8-17(19)23-21(25)22-16-18(20-10-7-13-27-20)24-11-5-2-6-12-24/h3-4,7-10,13,18H,2,5-6,11-12,14-16H2,1H3,(H2,22,23,25). The number of para-hydroxylation sites is 2. The van der Waals surface area contributed by atoms with Gasteiger partial charge < -0.3 is 24.5 Å². The van der Waals surface area contributed by atoms with E-state index >= 15 is 0 Å². The van der Waals surface area contributed by atoms with E-state index in [4.69, 9.17) is 13.9 Å². The average Bonchev–Trinajstić information content (AvgIpc) is 3.25. The molecule has 0 aliphatic carbocycles. The molecule has 1 fully saturated rings. The minimum atomic E-state index is -0.267. The fraction of sp³-hybridized carbons (Fsp3) is 0.476. The Kier molecular flexibility index (Phi) is 7.75. The van der Waals surface area contributed by atoms with E-state index in [9.17, 15) is 4.79 Å². The van der Waals surface area contributed by atoms with Crippen molar-refractivity contribution in [3.8, 4) is 5.75 Å². The van der Waals surface area contributed by atoms with Crippen molar-refractivity contribution in [3.05, 3.63) is 48.4 Å². The molecule has 152 valence electrons. The van der Waals surface area contributed by atoms with Crippen LogP contribution in [0.2, 0.25) is 0 Å². The second kappa shape index (κ2) is 10.7. The molecule has 0 spiro atoms. The van der Waals surface area contributed by atoms with Gasteiger partial charge in [0.25, 0.3) is 0 Å². The number of ether oxygens (including phenoxy) is 2. The Hall–Kier alpha value is -2.51. The van der Waals surface area contributed by atoms with Gasteiger partial charge in [0, 0.05) is 13.7 Å². The lowest BCUT2D eigenvalue weighted by Crippen LogP contribution is -2.41. The van der Waals surface area contributed by atoms with Gasteiger partial charge in [-0.3, -0.25) is 4.90 Å². The number of nitrogens with one attached hydrogen (secondary N) is 2. The zero-order valence-electron chi connectivity index (χ0n) is 16.4. The third-order valence-corrected chi connectivity index (χ3v) is 4.84. The number of furan rings is 1. The summed E-state index contributed by atoms with van der Waals surface area (Å²) in [5, 5.41) is 5.86. The van der Waals surface area contributed by atoms with E-state index in [0.29, 0.717) is 31.2 Å². The van der Waals surface area contributed by atoms with Crippen LogP contribution in [0.1, 0.15) is 31.1 Å². The number of amides is 2. The average molecular weight is 387 g/mol.